The summed E-state index contributed by atoms with van der Waals surface area (Å²) < 4.78 is 0.488. The van der Waals surface area contributed by atoms with Crippen molar-refractivity contribution in [3.05, 3.63) is 173 Å². The summed E-state index contributed by atoms with van der Waals surface area (Å²) in [6.07, 6.45) is 2.17. The Labute approximate surface area is 288 Å². The molecule has 6 aromatic rings. The summed E-state index contributed by atoms with van der Waals surface area (Å²) in [6, 6.07) is 47.7. The lowest BCUT2D eigenvalue weighted by molar-refractivity contribution is -0.877. The second-order valence-corrected chi connectivity index (χ2v) is 12.7. The SMILES string of the molecule is CCCC[N+]1(C)N=C(c2ccc(-c3ccccc3-c3nnn(C(c4ccccc4)(c4ccccc4)c4ccccc4)n3)cc2)C(CO)=C1C. The predicted molar refractivity (Wildman–Crippen MR) is 196 cm³/mol. The van der Waals surface area contributed by atoms with Crippen molar-refractivity contribution < 1.29 is 9.70 Å². The number of aliphatic hydroxyl groups is 1. The zero-order chi connectivity index (χ0) is 33.8. The average Bonchev–Trinajstić information content (AvgIpc) is 3.75. The number of aromatic nitrogens is 4. The zero-order valence-corrected chi connectivity index (χ0v) is 28.2. The first kappa shape index (κ1) is 32.1. The molecule has 0 aliphatic carbocycles. The van der Waals surface area contributed by atoms with Crippen LogP contribution in [0, 0.1) is 0 Å². The van der Waals surface area contributed by atoms with Crippen LogP contribution in [-0.4, -0.2) is 55.8 Å². The van der Waals surface area contributed by atoms with Crippen LogP contribution in [0.2, 0.25) is 0 Å². The first-order valence-corrected chi connectivity index (χ1v) is 16.9. The highest BCUT2D eigenvalue weighted by molar-refractivity contribution is 6.13. The van der Waals surface area contributed by atoms with E-state index in [4.69, 9.17) is 20.5 Å². The molecule has 0 bridgehead atoms. The van der Waals surface area contributed by atoms with Crippen LogP contribution in [0.1, 0.15) is 48.9 Å². The Balaban J connectivity index is 1.31. The van der Waals surface area contributed by atoms with Crippen molar-refractivity contribution in [3.8, 4) is 22.5 Å². The Hall–Kier alpha value is -5.50. The van der Waals surface area contributed by atoms with Crippen LogP contribution in [-0.2, 0) is 5.54 Å². The van der Waals surface area contributed by atoms with Crippen molar-refractivity contribution in [3.63, 3.8) is 0 Å². The van der Waals surface area contributed by atoms with Gasteiger partial charge in [0.1, 0.15) is 18.0 Å². The molecule has 1 aromatic heterocycles. The Morgan fingerprint density at radius 1 is 0.673 bits per heavy atom. The van der Waals surface area contributed by atoms with Crippen LogP contribution in [0.25, 0.3) is 22.5 Å². The van der Waals surface area contributed by atoms with Crippen molar-refractivity contribution in [2.45, 2.75) is 32.2 Å². The van der Waals surface area contributed by atoms with Gasteiger partial charge in [-0.2, -0.15) is 4.59 Å². The highest BCUT2D eigenvalue weighted by Crippen LogP contribution is 2.40. The molecule has 7 heteroatoms. The zero-order valence-electron chi connectivity index (χ0n) is 28.2. The van der Waals surface area contributed by atoms with Crippen LogP contribution in [0.4, 0.5) is 0 Å². The van der Waals surface area contributed by atoms with Crippen molar-refractivity contribution in [1.29, 1.82) is 0 Å². The van der Waals surface area contributed by atoms with Gasteiger partial charge in [-0.15, -0.1) is 15.0 Å². The fourth-order valence-corrected chi connectivity index (χ4v) is 7.01. The fraction of sp³-hybridized carbons (Fsp3) is 0.190. The maximum Gasteiger partial charge on any atom is 0.205 e. The summed E-state index contributed by atoms with van der Waals surface area (Å²) in [5, 5.41) is 30.1. The largest absolute Gasteiger partial charge is 0.391 e. The molecule has 1 aliphatic rings. The minimum Gasteiger partial charge on any atom is -0.391 e. The van der Waals surface area contributed by atoms with E-state index in [-0.39, 0.29) is 6.61 Å². The Kier molecular flexibility index (Phi) is 8.87. The Morgan fingerprint density at radius 2 is 1.18 bits per heavy atom. The van der Waals surface area contributed by atoms with E-state index >= 15 is 0 Å². The third kappa shape index (κ3) is 5.71. The van der Waals surface area contributed by atoms with Gasteiger partial charge >= 0.3 is 0 Å². The molecule has 5 aromatic carbocycles. The van der Waals surface area contributed by atoms with Crippen LogP contribution in [0.3, 0.4) is 0 Å². The van der Waals surface area contributed by atoms with E-state index in [0.717, 1.165) is 75.3 Å². The molecule has 244 valence electrons. The van der Waals surface area contributed by atoms with Crippen molar-refractivity contribution in [2.24, 2.45) is 5.10 Å². The van der Waals surface area contributed by atoms with Gasteiger partial charge in [0.2, 0.25) is 5.82 Å². The van der Waals surface area contributed by atoms with Gasteiger partial charge < -0.3 is 5.11 Å². The third-order valence-electron chi connectivity index (χ3n) is 9.80. The normalized spacial score (nSPS) is 16.2. The number of aliphatic hydroxyl groups excluding tert-OH is 1. The quantitative estimate of drug-likeness (QED) is 0.114. The summed E-state index contributed by atoms with van der Waals surface area (Å²) in [4.78, 5) is 1.76. The molecule has 0 saturated heterocycles. The first-order valence-electron chi connectivity index (χ1n) is 16.9. The third-order valence-corrected chi connectivity index (χ3v) is 9.80. The van der Waals surface area contributed by atoms with E-state index in [9.17, 15) is 5.11 Å². The van der Waals surface area contributed by atoms with E-state index in [2.05, 4.69) is 124 Å². The van der Waals surface area contributed by atoms with Gasteiger partial charge in [-0.25, -0.2) is 0 Å². The first-order chi connectivity index (χ1) is 24.0. The molecule has 7 rings (SSSR count). The molecule has 0 spiro atoms. The smallest absolute Gasteiger partial charge is 0.205 e. The van der Waals surface area contributed by atoms with E-state index in [1.165, 1.54) is 0 Å². The maximum absolute atomic E-state index is 10.3. The number of hydrogen-bond donors (Lipinski definition) is 1. The highest BCUT2D eigenvalue weighted by atomic mass is 16.3. The highest BCUT2D eigenvalue weighted by Gasteiger charge is 2.41. The monoisotopic (exact) mass is 645 g/mol. The fourth-order valence-electron chi connectivity index (χ4n) is 7.01. The summed E-state index contributed by atoms with van der Waals surface area (Å²) in [7, 11) is 2.13. The molecular weight excluding hydrogens is 605 g/mol. The number of allylic oxidation sites excluding steroid dienone is 1. The Morgan fingerprint density at radius 3 is 1.71 bits per heavy atom. The second-order valence-electron chi connectivity index (χ2n) is 12.7. The maximum atomic E-state index is 10.3. The van der Waals surface area contributed by atoms with Gasteiger partial charge in [-0.3, -0.25) is 0 Å². The minimum atomic E-state index is -0.853. The standard InChI is InChI=1S/C42H41N6O/c1-4-5-29-48(3)31(2)39(30-49)40(45-48)33-27-25-32(26-28-33)37-23-15-16-24-38(37)41-43-46-47(44-41)42(34-17-9-6-10-18-34,35-19-11-7-12-20-35)36-21-13-8-14-22-36/h6-28,49H,4-5,29-30H2,1-3H3/q+1. The molecular formula is C42H41N6O+. The molecule has 1 atom stereocenters. The molecule has 1 N–H and O–H groups in total. The van der Waals surface area contributed by atoms with Crippen LogP contribution >= 0.6 is 0 Å². The number of nitrogens with zero attached hydrogens (tertiary/aromatic N) is 6. The lowest BCUT2D eigenvalue weighted by Gasteiger charge is -2.34. The second kappa shape index (κ2) is 13.5. The number of benzene rings is 5. The number of tetrazole rings is 1. The predicted octanol–water partition coefficient (Wildman–Crippen LogP) is 8.08. The molecule has 7 nitrogen and oxygen atoms in total. The number of unbranched alkanes of at least 4 members (excludes halogenated alkanes) is 1. The van der Waals surface area contributed by atoms with E-state index in [0.29, 0.717) is 10.4 Å². The lowest BCUT2D eigenvalue weighted by atomic mass is 9.77. The molecule has 2 heterocycles. The van der Waals surface area contributed by atoms with E-state index < -0.39 is 5.54 Å². The van der Waals surface area contributed by atoms with Crippen LogP contribution in [0.5, 0.6) is 0 Å². The van der Waals surface area contributed by atoms with Gasteiger partial charge in [0.15, 0.2) is 5.54 Å². The molecule has 0 amide bonds. The van der Waals surface area contributed by atoms with Crippen LogP contribution in [0.15, 0.2) is 156 Å². The van der Waals surface area contributed by atoms with Crippen LogP contribution < -0.4 is 0 Å². The van der Waals surface area contributed by atoms with Gasteiger partial charge in [0, 0.05) is 18.1 Å². The molecule has 1 unspecified atom stereocenters. The summed E-state index contributed by atoms with van der Waals surface area (Å²) in [6.45, 7) is 5.16. The van der Waals surface area contributed by atoms with Gasteiger partial charge in [0.05, 0.1) is 19.2 Å². The summed E-state index contributed by atoms with van der Waals surface area (Å²) >= 11 is 0. The summed E-state index contributed by atoms with van der Waals surface area (Å²) in [5.41, 5.74) is 9.04. The van der Waals surface area contributed by atoms with Gasteiger partial charge in [-0.05, 0) is 39.5 Å². The van der Waals surface area contributed by atoms with Crippen molar-refractivity contribution in [1.82, 2.24) is 20.2 Å². The van der Waals surface area contributed by atoms with Crippen molar-refractivity contribution in [2.75, 3.05) is 20.2 Å². The molecule has 49 heavy (non-hydrogen) atoms. The molecule has 1 aliphatic heterocycles. The number of rotatable bonds is 11. The summed E-state index contributed by atoms with van der Waals surface area (Å²) in [5.74, 6) is 0.539. The molecule has 0 radical (unpaired) electrons. The average molecular weight is 646 g/mol. The lowest BCUT2D eigenvalue weighted by Crippen LogP contribution is -2.39. The van der Waals surface area contributed by atoms with Gasteiger partial charge in [-0.1, -0.05) is 158 Å². The molecule has 0 fully saturated rings. The Bertz CT molecular complexity index is 2010. The van der Waals surface area contributed by atoms with Gasteiger partial charge in [0.25, 0.3) is 0 Å². The number of quaternary nitrogens is 1. The van der Waals surface area contributed by atoms with E-state index in [1.54, 1.807) is 4.80 Å². The number of hydrogen-bond acceptors (Lipinski definition) is 5. The topological polar surface area (TPSA) is 76.2 Å². The van der Waals surface area contributed by atoms with Crippen molar-refractivity contribution >= 4 is 5.71 Å². The van der Waals surface area contributed by atoms with E-state index in [1.807, 2.05) is 36.4 Å². The minimum absolute atomic E-state index is 0.0347. The molecule has 0 saturated carbocycles.